The highest BCUT2D eigenvalue weighted by Gasteiger charge is 2.34. The van der Waals surface area contributed by atoms with Crippen LogP contribution >= 0.6 is 0 Å². The van der Waals surface area contributed by atoms with Gasteiger partial charge in [-0.05, 0) is 36.1 Å². The van der Waals surface area contributed by atoms with Gasteiger partial charge in [0.25, 0.3) is 0 Å². The molecular formula is C19H23N2O+. The molecule has 1 aliphatic rings. The van der Waals surface area contributed by atoms with Crippen LogP contribution in [0, 0.1) is 0 Å². The predicted molar refractivity (Wildman–Crippen MR) is 89.0 cm³/mol. The van der Waals surface area contributed by atoms with E-state index in [0.29, 0.717) is 0 Å². The lowest BCUT2D eigenvalue weighted by atomic mass is 9.88. The van der Waals surface area contributed by atoms with Gasteiger partial charge in [0.15, 0.2) is 12.4 Å². The molecule has 3 heteroatoms. The zero-order valence-electron chi connectivity index (χ0n) is 13.0. The monoisotopic (exact) mass is 295 g/mol. The minimum Gasteiger partial charge on any atom is -0.394 e. The summed E-state index contributed by atoms with van der Waals surface area (Å²) in [4.78, 5) is 0. The largest absolute Gasteiger partial charge is 0.394 e. The van der Waals surface area contributed by atoms with Gasteiger partial charge in [-0.25, -0.2) is 4.57 Å². The number of hydrogen-bond donors (Lipinski definition) is 2. The van der Waals surface area contributed by atoms with Crippen molar-refractivity contribution < 1.29 is 9.67 Å². The van der Waals surface area contributed by atoms with Crippen molar-refractivity contribution in [2.75, 3.05) is 13.2 Å². The van der Waals surface area contributed by atoms with Gasteiger partial charge >= 0.3 is 0 Å². The maximum atomic E-state index is 9.74. The first kappa shape index (κ1) is 14.9. The summed E-state index contributed by atoms with van der Waals surface area (Å²) < 4.78 is 2.02. The highest BCUT2D eigenvalue weighted by atomic mass is 16.3. The van der Waals surface area contributed by atoms with Crippen LogP contribution in [0.4, 0.5) is 0 Å². The summed E-state index contributed by atoms with van der Waals surface area (Å²) in [5.41, 5.74) is 3.29. The highest BCUT2D eigenvalue weighted by Crippen LogP contribution is 2.30. The normalized spacial score (nSPS) is 21.5. The third-order valence-electron chi connectivity index (χ3n) is 4.45. The van der Waals surface area contributed by atoms with Crippen molar-refractivity contribution in [3.05, 3.63) is 65.5 Å². The number of hydrogen-bond acceptors (Lipinski definition) is 2. The third kappa shape index (κ3) is 3.11. The Bertz CT molecular complexity index is 638. The van der Waals surface area contributed by atoms with E-state index in [4.69, 9.17) is 0 Å². The van der Waals surface area contributed by atoms with E-state index in [0.717, 1.165) is 19.4 Å². The number of aryl methyl sites for hydroxylation is 1. The van der Waals surface area contributed by atoms with Crippen LogP contribution in [0.2, 0.25) is 0 Å². The molecule has 1 aromatic carbocycles. The number of aliphatic hydroxyl groups is 1. The molecule has 2 N–H and O–H groups in total. The van der Waals surface area contributed by atoms with Crippen LogP contribution in [0.1, 0.15) is 29.5 Å². The molecule has 3 rings (SSSR count). The lowest BCUT2D eigenvalue weighted by Crippen LogP contribution is -2.40. The van der Waals surface area contributed by atoms with E-state index in [2.05, 4.69) is 53.9 Å². The number of nitrogens with one attached hydrogen (secondary N) is 1. The maximum absolute atomic E-state index is 9.74. The quantitative estimate of drug-likeness (QED) is 0.849. The van der Waals surface area contributed by atoms with Gasteiger partial charge in [-0.3, -0.25) is 0 Å². The number of aromatic nitrogens is 1. The number of nitrogens with zero attached hydrogens (tertiary/aromatic N) is 1. The summed E-state index contributed by atoms with van der Waals surface area (Å²) in [6.07, 6.45) is 10.4. The molecule has 2 aromatic rings. The Morgan fingerprint density at radius 3 is 2.27 bits per heavy atom. The zero-order valence-corrected chi connectivity index (χ0v) is 13.0. The third-order valence-corrected chi connectivity index (χ3v) is 4.45. The summed E-state index contributed by atoms with van der Waals surface area (Å²) in [6, 6.07) is 12.7. The van der Waals surface area contributed by atoms with Crippen LogP contribution in [0.25, 0.3) is 12.2 Å². The zero-order chi connectivity index (χ0) is 15.4. The molecule has 22 heavy (non-hydrogen) atoms. The molecule has 114 valence electrons. The van der Waals surface area contributed by atoms with Gasteiger partial charge in [0.1, 0.15) is 7.05 Å². The molecule has 0 amide bonds. The molecule has 0 bridgehead atoms. The van der Waals surface area contributed by atoms with E-state index in [1.165, 1.54) is 16.7 Å². The number of benzene rings is 1. The van der Waals surface area contributed by atoms with E-state index in [9.17, 15) is 5.11 Å². The summed E-state index contributed by atoms with van der Waals surface area (Å²) in [7, 11) is 2.01. The first-order chi connectivity index (χ1) is 10.7. The molecule has 0 saturated carbocycles. The lowest BCUT2D eigenvalue weighted by Gasteiger charge is -2.27. The number of pyridine rings is 1. The van der Waals surface area contributed by atoms with Crippen molar-refractivity contribution >= 4 is 12.2 Å². The van der Waals surface area contributed by atoms with E-state index in [1.807, 2.05) is 24.0 Å². The summed E-state index contributed by atoms with van der Waals surface area (Å²) >= 11 is 0. The molecule has 0 radical (unpaired) electrons. The Labute approximate surface area is 131 Å². The van der Waals surface area contributed by atoms with Crippen molar-refractivity contribution in [3.63, 3.8) is 0 Å². The molecule has 1 fully saturated rings. The maximum Gasteiger partial charge on any atom is 0.169 e. The summed E-state index contributed by atoms with van der Waals surface area (Å²) in [6.45, 7) is 1.14. The average Bonchev–Trinajstić information content (AvgIpc) is 3.05. The van der Waals surface area contributed by atoms with Gasteiger partial charge in [-0.15, -0.1) is 0 Å². The molecular weight excluding hydrogens is 272 g/mol. The Hall–Kier alpha value is -1.97. The van der Waals surface area contributed by atoms with E-state index >= 15 is 0 Å². The van der Waals surface area contributed by atoms with Crippen LogP contribution < -0.4 is 9.88 Å². The fraction of sp³-hybridized carbons (Fsp3) is 0.316. The number of rotatable bonds is 4. The van der Waals surface area contributed by atoms with Crippen LogP contribution in [-0.4, -0.2) is 18.3 Å². The molecule has 2 heterocycles. The summed E-state index contributed by atoms with van der Waals surface area (Å²) in [5.74, 6) is 0. The van der Waals surface area contributed by atoms with Crippen LogP contribution in [0.3, 0.4) is 0 Å². The Morgan fingerprint density at radius 1 is 1.09 bits per heavy atom. The Morgan fingerprint density at radius 2 is 1.73 bits per heavy atom. The second-order valence-corrected chi connectivity index (χ2v) is 6.02. The smallest absolute Gasteiger partial charge is 0.169 e. The molecule has 1 atom stereocenters. The highest BCUT2D eigenvalue weighted by molar-refractivity contribution is 5.69. The van der Waals surface area contributed by atoms with Crippen molar-refractivity contribution in [1.29, 1.82) is 0 Å². The van der Waals surface area contributed by atoms with Crippen molar-refractivity contribution in [1.82, 2.24) is 5.32 Å². The van der Waals surface area contributed by atoms with Crippen molar-refractivity contribution in [3.8, 4) is 0 Å². The van der Waals surface area contributed by atoms with Crippen molar-refractivity contribution in [2.45, 2.75) is 18.4 Å². The molecule has 3 nitrogen and oxygen atoms in total. The number of aliphatic hydroxyl groups excluding tert-OH is 1. The fourth-order valence-corrected chi connectivity index (χ4v) is 3.01. The van der Waals surface area contributed by atoms with Crippen LogP contribution in [-0.2, 0) is 12.6 Å². The van der Waals surface area contributed by atoms with Crippen LogP contribution in [0.5, 0.6) is 0 Å². The second kappa shape index (κ2) is 6.42. The minimum atomic E-state index is -0.240. The molecule has 0 unspecified atom stereocenters. The standard InChI is InChI=1S/C19H23N2O/c1-21-13-9-17(10-14-21)4-3-16-5-7-18(8-6-16)19(15-22)11-2-12-20-19/h3-10,13-14,20,22H,2,11-12,15H2,1H3/q+1/b4-3+/t19-/m1/s1. The van der Waals surface area contributed by atoms with E-state index in [-0.39, 0.29) is 12.1 Å². The second-order valence-electron chi connectivity index (χ2n) is 6.02. The van der Waals surface area contributed by atoms with Gasteiger partial charge in [-0.1, -0.05) is 36.4 Å². The molecule has 1 aromatic heterocycles. The lowest BCUT2D eigenvalue weighted by molar-refractivity contribution is -0.671. The van der Waals surface area contributed by atoms with E-state index in [1.54, 1.807) is 0 Å². The molecule has 0 spiro atoms. The Balaban J connectivity index is 1.75. The first-order valence-corrected chi connectivity index (χ1v) is 7.82. The topological polar surface area (TPSA) is 36.1 Å². The van der Waals surface area contributed by atoms with Crippen molar-refractivity contribution in [2.24, 2.45) is 7.05 Å². The average molecular weight is 295 g/mol. The van der Waals surface area contributed by atoms with E-state index < -0.39 is 0 Å². The predicted octanol–water partition coefficient (Wildman–Crippen LogP) is 2.25. The minimum absolute atomic E-state index is 0.156. The Kier molecular flexibility index (Phi) is 4.36. The van der Waals surface area contributed by atoms with Crippen LogP contribution in [0.15, 0.2) is 48.8 Å². The summed E-state index contributed by atoms with van der Waals surface area (Å²) in [5, 5.41) is 13.2. The van der Waals surface area contributed by atoms with Gasteiger partial charge in [0.05, 0.1) is 12.1 Å². The molecule has 1 saturated heterocycles. The first-order valence-electron chi connectivity index (χ1n) is 7.82. The van der Waals surface area contributed by atoms with Gasteiger partial charge in [-0.2, -0.15) is 0 Å². The SMILES string of the molecule is C[n+]1ccc(/C=C/c2ccc([C@]3(CO)CCCN3)cc2)cc1. The van der Waals surface area contributed by atoms with Gasteiger partial charge < -0.3 is 10.4 Å². The molecule has 0 aliphatic carbocycles. The fourth-order valence-electron chi connectivity index (χ4n) is 3.01. The van der Waals surface area contributed by atoms with Gasteiger partial charge in [0.2, 0.25) is 0 Å². The van der Waals surface area contributed by atoms with Gasteiger partial charge in [0, 0.05) is 12.1 Å². The molecule has 1 aliphatic heterocycles.